The quantitative estimate of drug-likeness (QED) is 0.527. The monoisotopic (exact) mass is 375 g/mol. The van der Waals surface area contributed by atoms with Crippen LogP contribution in [0.25, 0.3) is 0 Å². The summed E-state index contributed by atoms with van der Waals surface area (Å²) in [7, 11) is 0. The number of rotatable bonds is 9. The zero-order valence-corrected chi connectivity index (χ0v) is 17.1. The average molecular weight is 376 g/mol. The van der Waals surface area contributed by atoms with Gasteiger partial charge in [0.15, 0.2) is 5.11 Å². The van der Waals surface area contributed by atoms with Crippen LogP contribution in [0.15, 0.2) is 36.9 Å². The predicted molar refractivity (Wildman–Crippen MR) is 114 cm³/mol. The standard InChI is InChI=1S/C21H33N3OS/c1-4-10-22-21(26)24(12-5-11-23-13-15-25-16-14-23)17-19-6-8-20(9-7-19)18(2)3/h4,6-9,18H,1,5,10-17H2,2-3H3,(H,22,26). The molecule has 5 heteroatoms. The number of nitrogens with one attached hydrogen (secondary N) is 1. The van der Waals surface area contributed by atoms with E-state index in [1.807, 2.05) is 6.08 Å². The Bertz CT molecular complexity index is 553. The summed E-state index contributed by atoms with van der Waals surface area (Å²) in [5, 5.41) is 4.08. The highest BCUT2D eigenvalue weighted by molar-refractivity contribution is 7.80. The van der Waals surface area contributed by atoms with E-state index < -0.39 is 0 Å². The second-order valence-electron chi connectivity index (χ2n) is 7.10. The van der Waals surface area contributed by atoms with Crippen molar-refractivity contribution < 1.29 is 4.74 Å². The highest BCUT2D eigenvalue weighted by Gasteiger charge is 2.13. The molecule has 1 aliphatic rings. The van der Waals surface area contributed by atoms with E-state index in [9.17, 15) is 0 Å². The summed E-state index contributed by atoms with van der Waals surface area (Å²) in [6, 6.07) is 8.90. The SMILES string of the molecule is C=CCNC(=S)N(CCCN1CCOCC1)Cc1ccc(C(C)C)cc1. The summed E-state index contributed by atoms with van der Waals surface area (Å²) >= 11 is 5.61. The van der Waals surface area contributed by atoms with Gasteiger partial charge in [0, 0.05) is 39.3 Å². The Labute approximate surface area is 164 Å². The predicted octanol–water partition coefficient (Wildman–Crippen LogP) is 3.39. The van der Waals surface area contributed by atoms with Crippen LogP contribution in [0.1, 0.15) is 37.3 Å². The summed E-state index contributed by atoms with van der Waals surface area (Å²) < 4.78 is 5.42. The number of ether oxygens (including phenoxy) is 1. The van der Waals surface area contributed by atoms with Crippen molar-refractivity contribution in [3.63, 3.8) is 0 Å². The molecular formula is C21H33N3OS. The van der Waals surface area contributed by atoms with Crippen molar-refractivity contribution in [2.24, 2.45) is 0 Å². The van der Waals surface area contributed by atoms with Crippen molar-refractivity contribution in [1.29, 1.82) is 0 Å². The van der Waals surface area contributed by atoms with Crippen LogP contribution < -0.4 is 5.32 Å². The summed E-state index contributed by atoms with van der Waals surface area (Å²) in [6.45, 7) is 15.6. The highest BCUT2D eigenvalue weighted by Crippen LogP contribution is 2.16. The second-order valence-corrected chi connectivity index (χ2v) is 7.49. The molecule has 2 rings (SSSR count). The molecule has 0 radical (unpaired) electrons. The van der Waals surface area contributed by atoms with Gasteiger partial charge in [0.25, 0.3) is 0 Å². The first-order valence-corrected chi connectivity index (χ1v) is 10.0. The largest absolute Gasteiger partial charge is 0.379 e. The Balaban J connectivity index is 1.91. The van der Waals surface area contributed by atoms with Gasteiger partial charge in [-0.2, -0.15) is 0 Å². The molecule has 1 aromatic carbocycles. The van der Waals surface area contributed by atoms with Crippen molar-refractivity contribution in [3.8, 4) is 0 Å². The molecule has 1 saturated heterocycles. The molecule has 1 aliphatic heterocycles. The zero-order chi connectivity index (χ0) is 18.8. The van der Waals surface area contributed by atoms with Gasteiger partial charge in [-0.15, -0.1) is 6.58 Å². The van der Waals surface area contributed by atoms with Gasteiger partial charge in [-0.3, -0.25) is 4.90 Å². The smallest absolute Gasteiger partial charge is 0.169 e. The van der Waals surface area contributed by atoms with Crippen molar-refractivity contribution in [1.82, 2.24) is 15.1 Å². The first-order chi connectivity index (χ1) is 12.6. The van der Waals surface area contributed by atoms with Gasteiger partial charge < -0.3 is 15.0 Å². The fraction of sp³-hybridized carbons (Fsp3) is 0.571. The summed E-state index contributed by atoms with van der Waals surface area (Å²) in [5.74, 6) is 0.559. The Morgan fingerprint density at radius 2 is 2.00 bits per heavy atom. The normalized spacial score (nSPS) is 15.0. The lowest BCUT2D eigenvalue weighted by molar-refractivity contribution is 0.0367. The maximum absolute atomic E-state index is 5.61. The fourth-order valence-corrected chi connectivity index (χ4v) is 3.30. The maximum Gasteiger partial charge on any atom is 0.169 e. The molecule has 0 spiro atoms. The third kappa shape index (κ3) is 7.06. The molecule has 1 N–H and O–H groups in total. The van der Waals surface area contributed by atoms with Gasteiger partial charge in [-0.25, -0.2) is 0 Å². The van der Waals surface area contributed by atoms with Crippen molar-refractivity contribution >= 4 is 17.3 Å². The van der Waals surface area contributed by atoms with Crippen LogP contribution in [0.4, 0.5) is 0 Å². The Morgan fingerprint density at radius 1 is 1.31 bits per heavy atom. The average Bonchev–Trinajstić information content (AvgIpc) is 2.66. The van der Waals surface area contributed by atoms with E-state index in [1.165, 1.54) is 11.1 Å². The van der Waals surface area contributed by atoms with Gasteiger partial charge in [-0.05, 0) is 35.7 Å². The van der Waals surface area contributed by atoms with Gasteiger partial charge in [0.1, 0.15) is 0 Å². The van der Waals surface area contributed by atoms with E-state index in [-0.39, 0.29) is 0 Å². The summed E-state index contributed by atoms with van der Waals surface area (Å²) in [6.07, 6.45) is 2.94. The van der Waals surface area contributed by atoms with E-state index in [2.05, 4.69) is 59.8 Å². The molecule has 26 heavy (non-hydrogen) atoms. The molecule has 0 amide bonds. The van der Waals surface area contributed by atoms with Crippen LogP contribution in [-0.2, 0) is 11.3 Å². The molecule has 144 valence electrons. The third-order valence-corrected chi connectivity index (χ3v) is 5.11. The van der Waals surface area contributed by atoms with Gasteiger partial charge in [0.2, 0.25) is 0 Å². The van der Waals surface area contributed by atoms with Crippen molar-refractivity contribution in [2.45, 2.75) is 32.7 Å². The number of hydrogen-bond acceptors (Lipinski definition) is 3. The Kier molecular flexibility index (Phi) is 9.09. The first kappa shape index (κ1) is 20.9. The number of benzene rings is 1. The maximum atomic E-state index is 5.61. The lowest BCUT2D eigenvalue weighted by Gasteiger charge is -2.29. The molecule has 0 aromatic heterocycles. The van der Waals surface area contributed by atoms with Crippen molar-refractivity contribution in [3.05, 3.63) is 48.0 Å². The van der Waals surface area contributed by atoms with E-state index in [0.29, 0.717) is 12.5 Å². The third-order valence-electron chi connectivity index (χ3n) is 4.71. The van der Waals surface area contributed by atoms with E-state index in [1.54, 1.807) is 0 Å². The van der Waals surface area contributed by atoms with Gasteiger partial charge in [-0.1, -0.05) is 44.2 Å². The minimum atomic E-state index is 0.559. The van der Waals surface area contributed by atoms with Gasteiger partial charge in [0.05, 0.1) is 13.2 Å². The number of morpholine rings is 1. The summed E-state index contributed by atoms with van der Waals surface area (Å²) in [4.78, 5) is 4.74. The Hall–Kier alpha value is -1.43. The van der Waals surface area contributed by atoms with Crippen LogP contribution in [0.5, 0.6) is 0 Å². The van der Waals surface area contributed by atoms with E-state index >= 15 is 0 Å². The topological polar surface area (TPSA) is 27.7 Å². The summed E-state index contributed by atoms with van der Waals surface area (Å²) in [5.41, 5.74) is 2.67. The second kappa shape index (κ2) is 11.3. The fourth-order valence-electron chi connectivity index (χ4n) is 3.06. The molecule has 1 fully saturated rings. The van der Waals surface area contributed by atoms with E-state index in [0.717, 1.165) is 57.5 Å². The Morgan fingerprint density at radius 3 is 2.62 bits per heavy atom. The zero-order valence-electron chi connectivity index (χ0n) is 16.2. The van der Waals surface area contributed by atoms with Crippen LogP contribution >= 0.6 is 12.2 Å². The van der Waals surface area contributed by atoms with Gasteiger partial charge >= 0.3 is 0 Å². The highest BCUT2D eigenvalue weighted by atomic mass is 32.1. The molecule has 0 atom stereocenters. The van der Waals surface area contributed by atoms with Crippen LogP contribution in [0.2, 0.25) is 0 Å². The van der Waals surface area contributed by atoms with Crippen LogP contribution in [0.3, 0.4) is 0 Å². The number of thiocarbonyl (C=S) groups is 1. The molecule has 0 saturated carbocycles. The van der Waals surface area contributed by atoms with Crippen LogP contribution in [0, 0.1) is 0 Å². The molecule has 0 aliphatic carbocycles. The minimum Gasteiger partial charge on any atom is -0.379 e. The number of hydrogen-bond donors (Lipinski definition) is 1. The molecule has 1 aromatic rings. The first-order valence-electron chi connectivity index (χ1n) is 9.62. The van der Waals surface area contributed by atoms with E-state index in [4.69, 9.17) is 17.0 Å². The minimum absolute atomic E-state index is 0.559. The molecular weight excluding hydrogens is 342 g/mol. The molecule has 4 nitrogen and oxygen atoms in total. The number of nitrogens with zero attached hydrogens (tertiary/aromatic N) is 2. The lowest BCUT2D eigenvalue weighted by atomic mass is 10.0. The lowest BCUT2D eigenvalue weighted by Crippen LogP contribution is -2.42. The molecule has 0 bridgehead atoms. The molecule has 1 heterocycles. The van der Waals surface area contributed by atoms with Crippen molar-refractivity contribution in [2.75, 3.05) is 45.9 Å². The molecule has 0 unspecified atom stereocenters. The van der Waals surface area contributed by atoms with Crippen LogP contribution in [-0.4, -0.2) is 60.8 Å².